The van der Waals surface area contributed by atoms with Gasteiger partial charge in [0, 0.05) is 36.7 Å². The van der Waals surface area contributed by atoms with Crippen molar-refractivity contribution in [1.29, 1.82) is 0 Å². The average Bonchev–Trinajstić information content (AvgIpc) is 2.84. The minimum Gasteiger partial charge on any atom is -0.360 e. The van der Waals surface area contributed by atoms with Gasteiger partial charge in [-0.2, -0.15) is 0 Å². The summed E-state index contributed by atoms with van der Waals surface area (Å²) in [6.07, 6.45) is 0.137. The van der Waals surface area contributed by atoms with Gasteiger partial charge in [-0.3, -0.25) is 9.59 Å². The smallest absolute Gasteiger partial charge is 0.227 e. The Bertz CT molecular complexity index is 684. The highest BCUT2D eigenvalue weighted by Gasteiger charge is 2.14. The topological polar surface area (TPSA) is 75.4 Å². The number of carbonyl (C=O) groups excluding carboxylic acids is 2. The molecule has 22 heavy (non-hydrogen) atoms. The summed E-state index contributed by atoms with van der Waals surface area (Å²) in [5.74, 6) is 0.563. The molecule has 2 aromatic rings. The monoisotopic (exact) mass is 321 g/mol. The number of hydrogen-bond acceptors (Lipinski definition) is 4. The van der Waals surface area contributed by atoms with Crippen molar-refractivity contribution in [3.8, 4) is 0 Å². The lowest BCUT2D eigenvalue weighted by atomic mass is 10.2. The minimum absolute atomic E-state index is 0.137. The fourth-order valence-electron chi connectivity index (χ4n) is 1.96. The number of aryl methyl sites for hydroxylation is 1. The first-order chi connectivity index (χ1) is 10.5. The van der Waals surface area contributed by atoms with Crippen LogP contribution in [0.5, 0.6) is 0 Å². The van der Waals surface area contributed by atoms with Gasteiger partial charge in [-0.05, 0) is 25.1 Å². The first-order valence-electron chi connectivity index (χ1n) is 6.72. The summed E-state index contributed by atoms with van der Waals surface area (Å²) < 4.78 is 4.87. The average molecular weight is 322 g/mol. The van der Waals surface area contributed by atoms with Gasteiger partial charge >= 0.3 is 0 Å². The largest absolute Gasteiger partial charge is 0.360 e. The molecule has 0 bridgehead atoms. The van der Waals surface area contributed by atoms with E-state index in [0.717, 1.165) is 0 Å². The lowest BCUT2D eigenvalue weighted by Gasteiger charge is -2.21. The number of aromatic nitrogens is 1. The Labute approximate surface area is 133 Å². The molecule has 6 nitrogen and oxygen atoms in total. The molecule has 0 unspecified atom stereocenters. The van der Waals surface area contributed by atoms with Crippen LogP contribution in [0, 0.1) is 6.92 Å². The van der Waals surface area contributed by atoms with Crippen molar-refractivity contribution in [3.63, 3.8) is 0 Å². The molecule has 1 N–H and O–H groups in total. The SMILES string of the molecule is CC(=O)N(CCC(=O)Nc1cc(C)on1)c1cccc(Cl)c1. The molecular formula is C15H16ClN3O3. The lowest BCUT2D eigenvalue weighted by Crippen LogP contribution is -2.31. The van der Waals surface area contributed by atoms with E-state index < -0.39 is 0 Å². The fourth-order valence-corrected chi connectivity index (χ4v) is 2.14. The third kappa shape index (κ3) is 4.33. The molecule has 0 radical (unpaired) electrons. The highest BCUT2D eigenvalue weighted by atomic mass is 35.5. The van der Waals surface area contributed by atoms with Gasteiger partial charge in [0.05, 0.1) is 0 Å². The second kappa shape index (κ2) is 7.09. The van der Waals surface area contributed by atoms with Gasteiger partial charge in [-0.15, -0.1) is 0 Å². The molecule has 1 heterocycles. The van der Waals surface area contributed by atoms with E-state index in [4.69, 9.17) is 16.1 Å². The zero-order valence-electron chi connectivity index (χ0n) is 12.3. The number of nitrogens with one attached hydrogen (secondary N) is 1. The maximum absolute atomic E-state index is 11.9. The van der Waals surface area contributed by atoms with Crippen molar-refractivity contribution in [2.24, 2.45) is 0 Å². The van der Waals surface area contributed by atoms with Crippen molar-refractivity contribution in [1.82, 2.24) is 5.16 Å². The molecule has 2 amide bonds. The number of amides is 2. The van der Waals surface area contributed by atoms with Crippen molar-refractivity contribution < 1.29 is 14.1 Å². The summed E-state index contributed by atoms with van der Waals surface area (Å²) in [5, 5.41) is 6.83. The third-order valence-corrected chi connectivity index (χ3v) is 3.19. The zero-order chi connectivity index (χ0) is 16.1. The Morgan fingerprint density at radius 3 is 2.73 bits per heavy atom. The van der Waals surface area contributed by atoms with Gasteiger partial charge in [0.25, 0.3) is 0 Å². The number of carbonyl (C=O) groups is 2. The van der Waals surface area contributed by atoms with Gasteiger partial charge in [-0.25, -0.2) is 0 Å². The van der Waals surface area contributed by atoms with E-state index in [2.05, 4.69) is 10.5 Å². The second-order valence-electron chi connectivity index (χ2n) is 4.77. The number of hydrogen-bond donors (Lipinski definition) is 1. The van der Waals surface area contributed by atoms with Crippen molar-refractivity contribution in [2.75, 3.05) is 16.8 Å². The van der Waals surface area contributed by atoms with Gasteiger partial charge < -0.3 is 14.7 Å². The molecule has 1 aromatic carbocycles. The summed E-state index contributed by atoms with van der Waals surface area (Å²) in [6, 6.07) is 8.56. The van der Waals surface area contributed by atoms with Crippen LogP contribution >= 0.6 is 11.6 Å². The van der Waals surface area contributed by atoms with Gasteiger partial charge in [0.1, 0.15) is 5.76 Å². The molecular weight excluding hydrogens is 306 g/mol. The van der Waals surface area contributed by atoms with E-state index in [-0.39, 0.29) is 24.8 Å². The van der Waals surface area contributed by atoms with Crippen LogP contribution in [0.4, 0.5) is 11.5 Å². The van der Waals surface area contributed by atoms with Crippen LogP contribution in [-0.2, 0) is 9.59 Å². The van der Waals surface area contributed by atoms with Crippen molar-refractivity contribution >= 4 is 34.9 Å². The summed E-state index contributed by atoms with van der Waals surface area (Å²) in [7, 11) is 0. The van der Waals surface area contributed by atoms with E-state index in [0.29, 0.717) is 22.3 Å². The Hall–Kier alpha value is -2.34. The predicted molar refractivity (Wildman–Crippen MR) is 84.0 cm³/mol. The normalized spacial score (nSPS) is 10.3. The van der Waals surface area contributed by atoms with Gasteiger partial charge in [0.15, 0.2) is 5.82 Å². The minimum atomic E-state index is -0.249. The summed E-state index contributed by atoms with van der Waals surface area (Å²) in [6.45, 7) is 3.43. The summed E-state index contributed by atoms with van der Waals surface area (Å²) in [4.78, 5) is 25.1. The first-order valence-corrected chi connectivity index (χ1v) is 7.10. The Balaban J connectivity index is 1.97. The quantitative estimate of drug-likeness (QED) is 0.918. The lowest BCUT2D eigenvalue weighted by molar-refractivity contribution is -0.117. The molecule has 1 aromatic heterocycles. The number of anilines is 2. The van der Waals surface area contributed by atoms with Crippen LogP contribution in [0.2, 0.25) is 5.02 Å². The van der Waals surface area contributed by atoms with E-state index in [9.17, 15) is 9.59 Å². The van der Waals surface area contributed by atoms with Crippen LogP contribution in [0.3, 0.4) is 0 Å². The predicted octanol–water partition coefficient (Wildman–Crippen LogP) is 3.02. The first kappa shape index (κ1) is 16.0. The van der Waals surface area contributed by atoms with Crippen molar-refractivity contribution in [3.05, 3.63) is 41.1 Å². The molecule has 7 heteroatoms. The van der Waals surface area contributed by atoms with Gasteiger partial charge in [0.2, 0.25) is 11.8 Å². The molecule has 0 atom stereocenters. The number of benzene rings is 1. The molecule has 116 valence electrons. The van der Waals surface area contributed by atoms with E-state index >= 15 is 0 Å². The second-order valence-corrected chi connectivity index (χ2v) is 5.21. The maximum Gasteiger partial charge on any atom is 0.227 e. The molecule has 0 saturated carbocycles. The third-order valence-electron chi connectivity index (χ3n) is 2.96. The number of rotatable bonds is 5. The molecule has 0 aliphatic rings. The Kier molecular flexibility index (Phi) is 5.16. The summed E-state index contributed by atoms with van der Waals surface area (Å²) in [5.41, 5.74) is 0.657. The van der Waals surface area contributed by atoms with E-state index in [1.807, 2.05) is 0 Å². The van der Waals surface area contributed by atoms with E-state index in [1.165, 1.54) is 11.8 Å². The number of halogens is 1. The fraction of sp³-hybridized carbons (Fsp3) is 0.267. The zero-order valence-corrected chi connectivity index (χ0v) is 13.1. The molecule has 2 rings (SSSR count). The number of nitrogens with zero attached hydrogens (tertiary/aromatic N) is 2. The molecule has 0 saturated heterocycles. The molecule has 0 aliphatic carbocycles. The van der Waals surface area contributed by atoms with Crippen LogP contribution in [-0.4, -0.2) is 23.5 Å². The van der Waals surface area contributed by atoms with Crippen molar-refractivity contribution in [2.45, 2.75) is 20.3 Å². The standard InChI is InChI=1S/C15H16ClN3O3/c1-10-8-14(18-22-10)17-15(21)6-7-19(11(2)20)13-5-3-4-12(16)9-13/h3-5,8-9H,6-7H2,1-2H3,(H,17,18,21). The maximum atomic E-state index is 11.9. The van der Waals surface area contributed by atoms with Crippen LogP contribution < -0.4 is 10.2 Å². The van der Waals surface area contributed by atoms with Crippen LogP contribution in [0.15, 0.2) is 34.9 Å². The highest BCUT2D eigenvalue weighted by Crippen LogP contribution is 2.20. The molecule has 0 spiro atoms. The van der Waals surface area contributed by atoms with Crippen LogP contribution in [0.1, 0.15) is 19.1 Å². The highest BCUT2D eigenvalue weighted by molar-refractivity contribution is 6.30. The summed E-state index contributed by atoms with van der Waals surface area (Å²) >= 11 is 5.93. The molecule has 0 aliphatic heterocycles. The van der Waals surface area contributed by atoms with Crippen LogP contribution in [0.25, 0.3) is 0 Å². The Morgan fingerprint density at radius 2 is 2.14 bits per heavy atom. The van der Waals surface area contributed by atoms with E-state index in [1.54, 1.807) is 37.3 Å². The Morgan fingerprint density at radius 1 is 1.36 bits per heavy atom. The van der Waals surface area contributed by atoms with Gasteiger partial charge in [-0.1, -0.05) is 22.8 Å². The molecule has 0 fully saturated rings.